The predicted molar refractivity (Wildman–Crippen MR) is 125 cm³/mol. The Labute approximate surface area is 183 Å². The first-order valence-corrected chi connectivity index (χ1v) is 10.5. The van der Waals surface area contributed by atoms with Gasteiger partial charge in [0.25, 0.3) is 0 Å². The number of urea groups is 1. The number of aromatic nitrogens is 2. The van der Waals surface area contributed by atoms with Gasteiger partial charge in [-0.1, -0.05) is 35.9 Å². The van der Waals surface area contributed by atoms with E-state index in [1.165, 1.54) is 5.56 Å². The second-order valence-corrected chi connectivity index (χ2v) is 7.90. The van der Waals surface area contributed by atoms with Gasteiger partial charge in [-0.15, -0.1) is 0 Å². The van der Waals surface area contributed by atoms with Gasteiger partial charge < -0.3 is 20.4 Å². The van der Waals surface area contributed by atoms with E-state index in [1.807, 2.05) is 61.2 Å². The zero-order valence-corrected chi connectivity index (χ0v) is 18.2. The van der Waals surface area contributed by atoms with E-state index < -0.39 is 0 Å². The Kier molecular flexibility index (Phi) is 6.02. The standard InChI is InChI=1S/C24H28N6O/c1-17-8-10-20(11-9-17)26-22-16-19(3)25-23(28-22)29-12-14-30(15-13-29)24(31)27-21-7-5-4-6-18(21)2/h4-11,16H,12-15H2,1-3H3,(H,27,31)(H,25,26,28). The minimum absolute atomic E-state index is 0.0687. The highest BCUT2D eigenvalue weighted by Gasteiger charge is 2.23. The first kappa shape index (κ1) is 20.7. The summed E-state index contributed by atoms with van der Waals surface area (Å²) in [5.41, 5.74) is 5.01. The molecule has 31 heavy (non-hydrogen) atoms. The van der Waals surface area contributed by atoms with Crippen LogP contribution in [0, 0.1) is 20.8 Å². The van der Waals surface area contributed by atoms with Gasteiger partial charge in [-0.3, -0.25) is 0 Å². The summed E-state index contributed by atoms with van der Waals surface area (Å²) in [6, 6.07) is 17.9. The fraction of sp³-hybridized carbons (Fsp3) is 0.292. The van der Waals surface area contributed by atoms with Gasteiger partial charge in [-0.2, -0.15) is 4.98 Å². The Balaban J connectivity index is 1.39. The molecule has 3 aromatic rings. The molecule has 0 spiro atoms. The largest absolute Gasteiger partial charge is 0.340 e. The molecule has 1 aromatic heterocycles. The van der Waals surface area contributed by atoms with Crippen LogP contribution in [0.1, 0.15) is 16.8 Å². The van der Waals surface area contributed by atoms with Crippen LogP contribution in [0.5, 0.6) is 0 Å². The highest BCUT2D eigenvalue weighted by Crippen LogP contribution is 2.20. The van der Waals surface area contributed by atoms with Gasteiger partial charge in [0.15, 0.2) is 0 Å². The summed E-state index contributed by atoms with van der Waals surface area (Å²) >= 11 is 0. The summed E-state index contributed by atoms with van der Waals surface area (Å²) < 4.78 is 0. The van der Waals surface area contributed by atoms with Crippen molar-refractivity contribution in [2.75, 3.05) is 41.7 Å². The first-order valence-electron chi connectivity index (χ1n) is 10.5. The molecule has 4 rings (SSSR count). The van der Waals surface area contributed by atoms with Gasteiger partial charge in [-0.05, 0) is 44.5 Å². The highest BCUT2D eigenvalue weighted by atomic mass is 16.2. The number of rotatable bonds is 4. The van der Waals surface area contributed by atoms with Crippen LogP contribution < -0.4 is 15.5 Å². The normalized spacial score (nSPS) is 13.8. The number of carbonyl (C=O) groups excluding carboxylic acids is 1. The van der Waals surface area contributed by atoms with E-state index in [2.05, 4.69) is 39.6 Å². The summed E-state index contributed by atoms with van der Waals surface area (Å²) in [5, 5.41) is 6.37. The third kappa shape index (κ3) is 5.12. The lowest BCUT2D eigenvalue weighted by atomic mass is 10.2. The van der Waals surface area contributed by atoms with Crippen LogP contribution in [0.4, 0.5) is 27.9 Å². The molecular weight excluding hydrogens is 388 g/mol. The van der Waals surface area contributed by atoms with Crippen LogP contribution in [0.25, 0.3) is 0 Å². The number of hydrogen-bond acceptors (Lipinski definition) is 5. The van der Waals surface area contributed by atoms with Gasteiger partial charge in [0.05, 0.1) is 0 Å². The fourth-order valence-corrected chi connectivity index (χ4v) is 3.56. The zero-order valence-electron chi connectivity index (χ0n) is 18.2. The lowest BCUT2D eigenvalue weighted by Crippen LogP contribution is -2.50. The number of hydrogen-bond donors (Lipinski definition) is 2. The van der Waals surface area contributed by atoms with Crippen molar-refractivity contribution in [2.24, 2.45) is 0 Å². The Morgan fingerprint density at radius 3 is 2.32 bits per heavy atom. The molecule has 2 aromatic carbocycles. The number of nitrogens with one attached hydrogen (secondary N) is 2. The van der Waals surface area contributed by atoms with Crippen molar-refractivity contribution in [1.82, 2.24) is 14.9 Å². The third-order valence-corrected chi connectivity index (χ3v) is 5.40. The summed E-state index contributed by atoms with van der Waals surface area (Å²) in [5.74, 6) is 1.46. The van der Waals surface area contributed by atoms with Crippen molar-refractivity contribution in [3.63, 3.8) is 0 Å². The van der Waals surface area contributed by atoms with Gasteiger partial charge in [0.2, 0.25) is 5.95 Å². The topological polar surface area (TPSA) is 73.4 Å². The quantitative estimate of drug-likeness (QED) is 0.655. The SMILES string of the molecule is Cc1ccc(Nc2cc(C)nc(N3CCN(C(=O)Nc4ccccc4C)CC3)n2)cc1. The third-order valence-electron chi connectivity index (χ3n) is 5.40. The van der Waals surface area contributed by atoms with Crippen LogP contribution in [-0.2, 0) is 0 Å². The van der Waals surface area contributed by atoms with Crippen molar-refractivity contribution in [2.45, 2.75) is 20.8 Å². The maximum atomic E-state index is 12.7. The van der Waals surface area contributed by atoms with Gasteiger partial charge >= 0.3 is 6.03 Å². The number of benzene rings is 2. The van der Waals surface area contributed by atoms with Crippen molar-refractivity contribution < 1.29 is 4.79 Å². The summed E-state index contributed by atoms with van der Waals surface area (Å²) in [6.07, 6.45) is 0. The molecule has 160 valence electrons. The van der Waals surface area contributed by atoms with Gasteiger partial charge in [0.1, 0.15) is 5.82 Å². The molecule has 1 saturated heterocycles. The molecule has 2 heterocycles. The lowest BCUT2D eigenvalue weighted by molar-refractivity contribution is 0.208. The number of anilines is 4. The summed E-state index contributed by atoms with van der Waals surface area (Å²) in [7, 11) is 0. The van der Waals surface area contributed by atoms with Crippen molar-refractivity contribution in [1.29, 1.82) is 0 Å². The van der Waals surface area contributed by atoms with Crippen LogP contribution in [-0.4, -0.2) is 47.1 Å². The van der Waals surface area contributed by atoms with Crippen LogP contribution >= 0.6 is 0 Å². The molecule has 0 aliphatic carbocycles. The molecular formula is C24H28N6O. The lowest BCUT2D eigenvalue weighted by Gasteiger charge is -2.35. The highest BCUT2D eigenvalue weighted by molar-refractivity contribution is 5.90. The van der Waals surface area contributed by atoms with E-state index in [4.69, 9.17) is 4.98 Å². The molecule has 1 fully saturated rings. The van der Waals surface area contributed by atoms with E-state index in [-0.39, 0.29) is 6.03 Å². The number of nitrogens with zero attached hydrogens (tertiary/aromatic N) is 4. The average Bonchev–Trinajstić information content (AvgIpc) is 2.77. The van der Waals surface area contributed by atoms with Crippen molar-refractivity contribution in [3.8, 4) is 0 Å². The molecule has 0 unspecified atom stereocenters. The van der Waals surface area contributed by atoms with E-state index in [1.54, 1.807) is 0 Å². The molecule has 7 heteroatoms. The molecule has 0 radical (unpaired) electrons. The van der Waals surface area contributed by atoms with Crippen molar-refractivity contribution in [3.05, 3.63) is 71.4 Å². The minimum atomic E-state index is -0.0687. The fourth-order valence-electron chi connectivity index (χ4n) is 3.56. The van der Waals surface area contributed by atoms with E-state index in [0.717, 1.165) is 28.5 Å². The van der Waals surface area contributed by atoms with E-state index in [9.17, 15) is 4.79 Å². The van der Waals surface area contributed by atoms with Gasteiger partial charge in [0, 0.05) is 49.3 Å². The minimum Gasteiger partial charge on any atom is -0.340 e. The second-order valence-electron chi connectivity index (χ2n) is 7.90. The van der Waals surface area contributed by atoms with Gasteiger partial charge in [-0.25, -0.2) is 9.78 Å². The molecule has 2 N–H and O–H groups in total. The molecule has 0 saturated carbocycles. The number of carbonyl (C=O) groups is 1. The molecule has 1 aliphatic rings. The zero-order chi connectivity index (χ0) is 21.8. The van der Waals surface area contributed by atoms with E-state index >= 15 is 0 Å². The first-order chi connectivity index (χ1) is 15.0. The average molecular weight is 417 g/mol. The molecule has 0 bridgehead atoms. The van der Waals surface area contributed by atoms with Crippen LogP contribution in [0.15, 0.2) is 54.6 Å². The molecule has 0 atom stereocenters. The monoisotopic (exact) mass is 416 g/mol. The molecule has 7 nitrogen and oxygen atoms in total. The molecule has 2 amide bonds. The number of amides is 2. The maximum Gasteiger partial charge on any atom is 0.321 e. The Morgan fingerprint density at radius 1 is 0.903 bits per heavy atom. The number of para-hydroxylation sites is 1. The Bertz CT molecular complexity index is 1060. The number of aryl methyl sites for hydroxylation is 3. The Hall–Kier alpha value is -3.61. The number of piperazine rings is 1. The van der Waals surface area contributed by atoms with Crippen LogP contribution in [0.3, 0.4) is 0 Å². The predicted octanol–water partition coefficient (Wildman–Crippen LogP) is 4.50. The maximum absolute atomic E-state index is 12.7. The van der Waals surface area contributed by atoms with E-state index in [0.29, 0.717) is 32.1 Å². The summed E-state index contributed by atoms with van der Waals surface area (Å²) in [4.78, 5) is 25.9. The second kappa shape index (κ2) is 9.04. The van der Waals surface area contributed by atoms with Crippen LogP contribution in [0.2, 0.25) is 0 Å². The smallest absolute Gasteiger partial charge is 0.321 e. The van der Waals surface area contributed by atoms with Crippen molar-refractivity contribution >= 4 is 29.2 Å². The molecule has 1 aliphatic heterocycles. The Morgan fingerprint density at radius 2 is 1.61 bits per heavy atom. The summed E-state index contributed by atoms with van der Waals surface area (Å²) in [6.45, 7) is 8.65.